The summed E-state index contributed by atoms with van der Waals surface area (Å²) in [6.07, 6.45) is 1.83. The van der Waals surface area contributed by atoms with Gasteiger partial charge in [0.15, 0.2) is 0 Å². The number of rotatable bonds is 2. The molecule has 1 aliphatic heterocycles. The molecule has 2 aromatic heterocycles. The molecule has 4 rings (SSSR count). The minimum atomic E-state index is -0.606. The molecule has 0 bridgehead atoms. The number of aryl methyl sites for hydroxylation is 1. The lowest BCUT2D eigenvalue weighted by Crippen LogP contribution is -2.25. The van der Waals surface area contributed by atoms with E-state index < -0.39 is 5.63 Å². The summed E-state index contributed by atoms with van der Waals surface area (Å²) in [5, 5.41) is 14.4. The molecule has 1 aromatic carbocycles. The smallest absolute Gasteiger partial charge is 0.348 e. The van der Waals surface area contributed by atoms with Crippen molar-refractivity contribution in [3.63, 3.8) is 0 Å². The number of benzene rings is 1. The van der Waals surface area contributed by atoms with E-state index in [1.807, 2.05) is 30.3 Å². The maximum Gasteiger partial charge on any atom is 0.348 e. The molecule has 7 nitrogen and oxygen atoms in total. The fourth-order valence-corrected chi connectivity index (χ4v) is 2.93. The summed E-state index contributed by atoms with van der Waals surface area (Å²) in [4.78, 5) is 20.7. The van der Waals surface area contributed by atoms with Crippen LogP contribution in [0.1, 0.15) is 29.3 Å². The molecule has 7 heteroatoms. The molecular weight excluding hydrogens is 308 g/mol. The molecule has 0 aliphatic carbocycles. The number of aromatic hydroxyl groups is 1. The van der Waals surface area contributed by atoms with Crippen LogP contribution in [0.25, 0.3) is 0 Å². The second-order valence-electron chi connectivity index (χ2n) is 5.60. The summed E-state index contributed by atoms with van der Waals surface area (Å²) in [7, 11) is 0. The van der Waals surface area contributed by atoms with E-state index >= 15 is 0 Å². The average Bonchev–Trinajstić information content (AvgIpc) is 3.02. The van der Waals surface area contributed by atoms with Crippen LogP contribution < -0.4 is 5.63 Å². The summed E-state index contributed by atoms with van der Waals surface area (Å²) in [5.74, 6) is 0.604. The van der Waals surface area contributed by atoms with Crippen LogP contribution in [0, 0.1) is 6.92 Å². The Labute approximate surface area is 136 Å². The van der Waals surface area contributed by atoms with Crippen LogP contribution in [0.2, 0.25) is 0 Å². The van der Waals surface area contributed by atoms with Gasteiger partial charge in [-0.2, -0.15) is 10.1 Å². The molecule has 0 fully saturated rings. The predicted molar refractivity (Wildman–Crippen MR) is 86.8 cm³/mol. The summed E-state index contributed by atoms with van der Waals surface area (Å²) in [5.41, 5.74) is 0.935. The molecule has 0 spiro atoms. The van der Waals surface area contributed by atoms with Crippen LogP contribution in [0.15, 0.2) is 56.9 Å². The first-order valence-electron chi connectivity index (χ1n) is 7.49. The molecule has 1 atom stereocenters. The molecule has 1 N–H and O–H groups in total. The topological polar surface area (TPSA) is 93.5 Å². The Kier molecular flexibility index (Phi) is 3.26. The third-order valence-electron chi connectivity index (χ3n) is 4.00. The van der Waals surface area contributed by atoms with Crippen molar-refractivity contribution in [2.45, 2.75) is 19.4 Å². The predicted octanol–water partition coefficient (Wildman–Crippen LogP) is 2.36. The van der Waals surface area contributed by atoms with E-state index in [4.69, 9.17) is 4.42 Å². The van der Waals surface area contributed by atoms with Crippen LogP contribution in [0.5, 0.6) is 5.75 Å². The van der Waals surface area contributed by atoms with E-state index in [9.17, 15) is 9.90 Å². The molecule has 0 amide bonds. The first-order chi connectivity index (χ1) is 11.6. The van der Waals surface area contributed by atoms with Crippen molar-refractivity contribution in [1.82, 2.24) is 14.8 Å². The summed E-state index contributed by atoms with van der Waals surface area (Å²) >= 11 is 0. The summed E-state index contributed by atoms with van der Waals surface area (Å²) < 4.78 is 6.83. The Balaban J connectivity index is 1.87. The van der Waals surface area contributed by atoms with E-state index in [1.54, 1.807) is 11.6 Å². The van der Waals surface area contributed by atoms with Crippen LogP contribution in [-0.2, 0) is 0 Å². The molecule has 3 aromatic rings. The standard InChI is InChI=1S/C17H14N4O3/c1-10-7-14(22)15(16(23)24-10)12-8-13(11-5-3-2-4-6-11)21-17(20-12)18-9-19-21/h2-7,9,13,22H,8H2,1H3. The van der Waals surface area contributed by atoms with Crippen LogP contribution in [0.3, 0.4) is 0 Å². The third-order valence-corrected chi connectivity index (χ3v) is 4.00. The minimum absolute atomic E-state index is 0.0794. The van der Waals surface area contributed by atoms with Gasteiger partial charge in [-0.15, -0.1) is 0 Å². The number of aliphatic imine (C=N–C) groups is 1. The number of fused-ring (bicyclic) bond motifs is 1. The highest BCUT2D eigenvalue weighted by Crippen LogP contribution is 2.33. The highest BCUT2D eigenvalue weighted by Gasteiger charge is 2.29. The lowest BCUT2D eigenvalue weighted by molar-refractivity contribution is 0.431. The van der Waals surface area contributed by atoms with Gasteiger partial charge in [-0.05, 0) is 12.5 Å². The van der Waals surface area contributed by atoms with Gasteiger partial charge in [-0.1, -0.05) is 30.3 Å². The van der Waals surface area contributed by atoms with Crippen molar-refractivity contribution in [3.8, 4) is 5.75 Å². The van der Waals surface area contributed by atoms with E-state index in [-0.39, 0.29) is 17.4 Å². The van der Waals surface area contributed by atoms with Gasteiger partial charge in [-0.3, -0.25) is 0 Å². The Bertz CT molecular complexity index is 989. The second-order valence-corrected chi connectivity index (χ2v) is 5.60. The monoisotopic (exact) mass is 322 g/mol. The van der Waals surface area contributed by atoms with Gasteiger partial charge in [0.1, 0.15) is 23.4 Å². The van der Waals surface area contributed by atoms with E-state index in [2.05, 4.69) is 15.1 Å². The molecule has 120 valence electrons. The minimum Gasteiger partial charge on any atom is -0.507 e. The molecular formula is C17H14N4O3. The van der Waals surface area contributed by atoms with Crippen molar-refractivity contribution in [3.05, 3.63) is 70.0 Å². The van der Waals surface area contributed by atoms with Crippen molar-refractivity contribution < 1.29 is 9.52 Å². The Morgan fingerprint density at radius 1 is 1.29 bits per heavy atom. The first-order valence-corrected chi connectivity index (χ1v) is 7.49. The normalized spacial score (nSPS) is 16.5. The van der Waals surface area contributed by atoms with Gasteiger partial charge < -0.3 is 9.52 Å². The Morgan fingerprint density at radius 3 is 2.83 bits per heavy atom. The van der Waals surface area contributed by atoms with Gasteiger partial charge in [0.2, 0.25) is 5.95 Å². The molecule has 24 heavy (non-hydrogen) atoms. The lowest BCUT2D eigenvalue weighted by Gasteiger charge is -2.23. The fourth-order valence-electron chi connectivity index (χ4n) is 2.93. The van der Waals surface area contributed by atoms with Gasteiger partial charge in [0, 0.05) is 12.5 Å². The molecule has 0 saturated heterocycles. The zero-order chi connectivity index (χ0) is 16.7. The highest BCUT2D eigenvalue weighted by atomic mass is 16.4. The SMILES string of the molecule is Cc1cc(O)c(C2=Nc3ncnn3C(c3ccccc3)C2)c(=O)o1. The Morgan fingerprint density at radius 2 is 2.08 bits per heavy atom. The summed E-state index contributed by atoms with van der Waals surface area (Å²) in [6, 6.07) is 11.0. The average molecular weight is 322 g/mol. The maximum absolute atomic E-state index is 12.2. The van der Waals surface area contributed by atoms with E-state index in [0.29, 0.717) is 23.8 Å². The fraction of sp³-hybridized carbons (Fsp3) is 0.176. The van der Waals surface area contributed by atoms with Crippen LogP contribution >= 0.6 is 0 Å². The zero-order valence-electron chi connectivity index (χ0n) is 12.9. The van der Waals surface area contributed by atoms with Crippen molar-refractivity contribution in [1.29, 1.82) is 0 Å². The van der Waals surface area contributed by atoms with Gasteiger partial charge in [-0.25, -0.2) is 14.5 Å². The summed E-state index contributed by atoms with van der Waals surface area (Å²) in [6.45, 7) is 1.61. The largest absolute Gasteiger partial charge is 0.507 e. The van der Waals surface area contributed by atoms with Crippen LogP contribution in [-0.4, -0.2) is 25.6 Å². The third kappa shape index (κ3) is 2.30. The van der Waals surface area contributed by atoms with Crippen molar-refractivity contribution in [2.24, 2.45) is 4.99 Å². The lowest BCUT2D eigenvalue weighted by atomic mass is 9.96. The van der Waals surface area contributed by atoms with Gasteiger partial charge in [0.25, 0.3) is 0 Å². The number of nitrogens with zero attached hydrogens (tertiary/aromatic N) is 4. The molecule has 1 aliphatic rings. The van der Waals surface area contributed by atoms with Crippen LogP contribution in [0.4, 0.5) is 5.95 Å². The van der Waals surface area contributed by atoms with E-state index in [1.165, 1.54) is 12.4 Å². The van der Waals surface area contributed by atoms with Gasteiger partial charge in [0.05, 0.1) is 11.8 Å². The van der Waals surface area contributed by atoms with Crippen molar-refractivity contribution in [2.75, 3.05) is 0 Å². The quantitative estimate of drug-likeness (QED) is 0.781. The highest BCUT2D eigenvalue weighted by molar-refractivity contribution is 6.04. The number of hydrogen-bond acceptors (Lipinski definition) is 6. The zero-order valence-corrected chi connectivity index (χ0v) is 12.9. The van der Waals surface area contributed by atoms with Gasteiger partial charge >= 0.3 is 5.63 Å². The molecule has 0 radical (unpaired) electrons. The molecule has 0 saturated carbocycles. The van der Waals surface area contributed by atoms with Crippen molar-refractivity contribution >= 4 is 11.7 Å². The second kappa shape index (κ2) is 5.45. The maximum atomic E-state index is 12.2. The Hall–Kier alpha value is -3.22. The van der Waals surface area contributed by atoms with E-state index in [0.717, 1.165) is 5.56 Å². The molecule has 3 heterocycles. The molecule has 1 unspecified atom stereocenters. The number of aromatic nitrogens is 3. The number of hydrogen-bond donors (Lipinski definition) is 1. The first kappa shape index (κ1) is 14.4.